The minimum Gasteiger partial charge on any atom is -0.380 e. The first-order valence-corrected chi connectivity index (χ1v) is 5.09. The lowest BCUT2D eigenvalue weighted by Gasteiger charge is -2.08. The number of ether oxygens (including phenoxy) is 1. The van der Waals surface area contributed by atoms with E-state index < -0.39 is 13.6 Å². The molecule has 0 amide bonds. The van der Waals surface area contributed by atoms with E-state index in [0.29, 0.717) is 5.69 Å². The summed E-state index contributed by atoms with van der Waals surface area (Å²) < 4.78 is 42.3. The van der Waals surface area contributed by atoms with Gasteiger partial charge in [-0.3, -0.25) is 9.36 Å². The van der Waals surface area contributed by atoms with Crippen molar-refractivity contribution in [3.8, 4) is 5.69 Å². The highest BCUT2D eigenvalue weighted by atomic mass is 16.5. The first kappa shape index (κ1) is 6.77. The molecule has 88 valence electrons. The molecule has 0 aliphatic carbocycles. The summed E-state index contributed by atoms with van der Waals surface area (Å²) in [6, 6.07) is 9.49. The summed E-state index contributed by atoms with van der Waals surface area (Å²) in [6.45, 7) is -0.628. The van der Waals surface area contributed by atoms with Gasteiger partial charge in [0.15, 0.2) is 0 Å². The number of aryl methyl sites for hydroxylation is 1. The molecule has 0 saturated heterocycles. The van der Waals surface area contributed by atoms with Crippen molar-refractivity contribution in [1.82, 2.24) is 4.57 Å². The van der Waals surface area contributed by atoms with Gasteiger partial charge in [0.2, 0.25) is 0 Å². The number of rotatable bonds is 3. The van der Waals surface area contributed by atoms with Gasteiger partial charge in [-0.1, -0.05) is 17.7 Å². The maximum absolute atomic E-state index is 12.0. The molecule has 3 heteroatoms. The lowest BCUT2D eigenvalue weighted by molar-refractivity contribution is 0.184. The molecule has 3 nitrogen and oxygen atoms in total. The van der Waals surface area contributed by atoms with Crippen LogP contribution in [0, 0.1) is 6.92 Å². The Labute approximate surface area is 107 Å². The average molecular weight is 234 g/mol. The van der Waals surface area contributed by atoms with Gasteiger partial charge in [-0.2, -0.15) is 0 Å². The standard InChI is InChI=1S/C14H15NO2/c1-11-3-6-13(7-4-11)15-9-12(10-17-2)5-8-14(15)16/h3-9H,10H2,1-2H3/i2D3,10D2. The summed E-state index contributed by atoms with van der Waals surface area (Å²) in [7, 11) is -2.88. The Hall–Kier alpha value is -1.87. The lowest BCUT2D eigenvalue weighted by atomic mass is 10.2. The van der Waals surface area contributed by atoms with Crippen LogP contribution in [0.2, 0.25) is 0 Å². The molecule has 0 N–H and O–H groups in total. The molecule has 2 aromatic rings. The van der Waals surface area contributed by atoms with Gasteiger partial charge in [0.1, 0.15) is 0 Å². The lowest BCUT2D eigenvalue weighted by Crippen LogP contribution is -2.17. The molecule has 1 aromatic heterocycles. The normalized spacial score (nSPS) is 16.4. The Morgan fingerprint density at radius 3 is 2.76 bits per heavy atom. The van der Waals surface area contributed by atoms with Gasteiger partial charge >= 0.3 is 0 Å². The Morgan fingerprint density at radius 2 is 2.06 bits per heavy atom. The summed E-state index contributed by atoms with van der Waals surface area (Å²) in [6.07, 6.45) is 1.25. The van der Waals surface area contributed by atoms with E-state index in [2.05, 4.69) is 4.74 Å². The van der Waals surface area contributed by atoms with Crippen LogP contribution in [0.3, 0.4) is 0 Å². The fourth-order valence-corrected chi connectivity index (χ4v) is 1.51. The van der Waals surface area contributed by atoms with Crippen molar-refractivity contribution in [3.63, 3.8) is 0 Å². The molecule has 17 heavy (non-hydrogen) atoms. The molecule has 0 aliphatic rings. The zero-order valence-electron chi connectivity index (χ0n) is 14.3. The van der Waals surface area contributed by atoms with E-state index in [1.165, 1.54) is 22.9 Å². The van der Waals surface area contributed by atoms with Crippen LogP contribution in [0.5, 0.6) is 0 Å². The van der Waals surface area contributed by atoms with E-state index in [4.69, 9.17) is 6.85 Å². The van der Waals surface area contributed by atoms with Gasteiger partial charge in [0.25, 0.3) is 5.56 Å². The predicted molar refractivity (Wildman–Crippen MR) is 67.5 cm³/mol. The van der Waals surface area contributed by atoms with Crippen molar-refractivity contribution in [2.24, 2.45) is 0 Å². The van der Waals surface area contributed by atoms with Crippen LogP contribution in [-0.4, -0.2) is 11.6 Å². The van der Waals surface area contributed by atoms with Crippen molar-refractivity contribution >= 4 is 0 Å². The topological polar surface area (TPSA) is 31.2 Å². The van der Waals surface area contributed by atoms with Gasteiger partial charge in [-0.25, -0.2) is 0 Å². The molecular weight excluding hydrogens is 214 g/mol. The minimum atomic E-state index is -2.88. The molecule has 0 spiro atoms. The van der Waals surface area contributed by atoms with E-state index in [0.717, 1.165) is 5.56 Å². The molecule has 0 radical (unpaired) electrons. The highest BCUT2D eigenvalue weighted by Gasteiger charge is 2.01. The number of hydrogen-bond acceptors (Lipinski definition) is 2. The first-order valence-electron chi connectivity index (χ1n) is 7.59. The second-order valence-electron chi connectivity index (χ2n) is 3.67. The van der Waals surface area contributed by atoms with Crippen LogP contribution < -0.4 is 5.56 Å². The van der Waals surface area contributed by atoms with E-state index >= 15 is 0 Å². The van der Waals surface area contributed by atoms with Crippen LogP contribution in [0.4, 0.5) is 0 Å². The van der Waals surface area contributed by atoms with Crippen LogP contribution in [-0.2, 0) is 11.3 Å². The molecule has 0 atom stereocenters. The maximum atomic E-state index is 12.0. The van der Waals surface area contributed by atoms with Crippen LogP contribution >= 0.6 is 0 Å². The number of pyridine rings is 1. The predicted octanol–water partition coefficient (Wildman–Crippen LogP) is 2.29. The Morgan fingerprint density at radius 1 is 1.29 bits per heavy atom. The van der Waals surface area contributed by atoms with E-state index in [1.54, 1.807) is 12.1 Å². The Kier molecular flexibility index (Phi) is 1.98. The third-order valence-corrected chi connectivity index (χ3v) is 2.39. The third kappa shape index (κ3) is 2.63. The smallest absolute Gasteiger partial charge is 0.255 e. The molecule has 1 heterocycles. The summed E-state index contributed by atoms with van der Waals surface area (Å²) in [5, 5.41) is 0. The van der Waals surface area contributed by atoms with Gasteiger partial charge in [0, 0.05) is 25.0 Å². The van der Waals surface area contributed by atoms with Gasteiger partial charge in [-0.05, 0) is 30.7 Å². The molecule has 0 unspecified atom stereocenters. The third-order valence-electron chi connectivity index (χ3n) is 2.39. The van der Waals surface area contributed by atoms with Crippen molar-refractivity contribution < 1.29 is 11.6 Å². The number of methoxy groups -OCH3 is 1. The fraction of sp³-hybridized carbons (Fsp3) is 0.214. The quantitative estimate of drug-likeness (QED) is 0.816. The van der Waals surface area contributed by atoms with Crippen molar-refractivity contribution in [2.75, 3.05) is 7.04 Å². The van der Waals surface area contributed by atoms with Crippen LogP contribution in [0.25, 0.3) is 5.69 Å². The molecule has 0 saturated carbocycles. The molecule has 0 aliphatic heterocycles. The van der Waals surface area contributed by atoms with E-state index in [9.17, 15) is 4.79 Å². The molecule has 0 fully saturated rings. The fourth-order valence-electron chi connectivity index (χ4n) is 1.51. The number of aromatic nitrogens is 1. The van der Waals surface area contributed by atoms with E-state index in [1.807, 2.05) is 19.1 Å². The van der Waals surface area contributed by atoms with Crippen molar-refractivity contribution in [3.05, 3.63) is 64.1 Å². The number of hydrogen-bond donors (Lipinski definition) is 0. The highest BCUT2D eigenvalue weighted by Crippen LogP contribution is 2.08. The second-order valence-corrected chi connectivity index (χ2v) is 3.67. The average Bonchev–Trinajstić information content (AvgIpc) is 2.37. The molecule has 2 rings (SSSR count). The summed E-state index contributed by atoms with van der Waals surface area (Å²) >= 11 is 0. The number of benzene rings is 1. The number of nitrogens with zero attached hydrogens (tertiary/aromatic N) is 1. The van der Waals surface area contributed by atoms with Crippen LogP contribution in [0.1, 0.15) is 18.0 Å². The second kappa shape index (κ2) is 4.97. The summed E-state index contributed by atoms with van der Waals surface area (Å²) in [5.41, 5.74) is 1.18. The van der Waals surface area contributed by atoms with Gasteiger partial charge in [-0.15, -0.1) is 0 Å². The zero-order chi connectivity index (χ0) is 16.5. The van der Waals surface area contributed by atoms with Crippen molar-refractivity contribution in [1.29, 1.82) is 0 Å². The van der Waals surface area contributed by atoms with Crippen LogP contribution in [0.15, 0.2) is 47.4 Å². The zero-order valence-corrected chi connectivity index (χ0v) is 9.31. The minimum absolute atomic E-state index is 0.0520. The molecular formula is C14H15NO2. The maximum Gasteiger partial charge on any atom is 0.255 e. The molecule has 1 aromatic carbocycles. The highest BCUT2D eigenvalue weighted by molar-refractivity contribution is 5.35. The summed E-state index contributed by atoms with van der Waals surface area (Å²) in [4.78, 5) is 12.0. The van der Waals surface area contributed by atoms with Crippen molar-refractivity contribution in [2.45, 2.75) is 13.5 Å². The molecule has 0 bridgehead atoms. The monoisotopic (exact) mass is 234 g/mol. The van der Waals surface area contributed by atoms with E-state index in [-0.39, 0.29) is 11.1 Å². The first-order chi connectivity index (χ1) is 10.1. The SMILES string of the molecule is [2H]C([2H])([2H])OC([2H])([2H])c1ccc(=O)n(-c2ccc(C)cc2)c1. The van der Waals surface area contributed by atoms with Gasteiger partial charge in [0.05, 0.1) is 13.4 Å². The summed E-state index contributed by atoms with van der Waals surface area (Å²) in [5.74, 6) is 0. The largest absolute Gasteiger partial charge is 0.380 e. The Balaban J connectivity index is 2.47. The van der Waals surface area contributed by atoms with Gasteiger partial charge < -0.3 is 4.74 Å². The Bertz CT molecular complexity index is 719.